The molecule has 0 N–H and O–H groups in total. The molecule has 0 bridgehead atoms. The molecule has 114 valence electrons. The fourth-order valence-electron chi connectivity index (χ4n) is 1.78. The number of ether oxygens (including phenoxy) is 1. The molecule has 0 radical (unpaired) electrons. The summed E-state index contributed by atoms with van der Waals surface area (Å²) >= 11 is 0. The van der Waals surface area contributed by atoms with Crippen molar-refractivity contribution < 1.29 is 22.7 Å². The standard InChI is InChI=1S/C17H13F3O2/c1-12(21)9-10-13-5-2-3-8-16(13)22-15-7-4-6-14(11-15)17(18,19)20/h2-11H,1H3. The quantitative estimate of drug-likeness (QED) is 0.735. The van der Waals surface area contributed by atoms with Crippen LogP contribution in [-0.2, 0) is 11.0 Å². The van der Waals surface area contributed by atoms with Crippen molar-refractivity contribution in [3.8, 4) is 11.5 Å². The number of hydrogen-bond donors (Lipinski definition) is 0. The third-order valence-corrected chi connectivity index (χ3v) is 2.81. The third kappa shape index (κ3) is 4.22. The van der Waals surface area contributed by atoms with E-state index in [1.165, 1.54) is 25.1 Å². The maximum atomic E-state index is 12.7. The highest BCUT2D eigenvalue weighted by Crippen LogP contribution is 2.33. The topological polar surface area (TPSA) is 26.3 Å². The summed E-state index contributed by atoms with van der Waals surface area (Å²) in [5, 5.41) is 0. The molecule has 0 unspecified atom stereocenters. The molecule has 2 aromatic carbocycles. The highest BCUT2D eigenvalue weighted by Gasteiger charge is 2.30. The molecule has 0 fully saturated rings. The number of rotatable bonds is 4. The molecule has 0 aliphatic heterocycles. The van der Waals surface area contributed by atoms with Crippen LogP contribution in [0, 0.1) is 0 Å². The molecule has 0 heterocycles. The van der Waals surface area contributed by atoms with Crippen LogP contribution in [0.2, 0.25) is 0 Å². The van der Waals surface area contributed by atoms with Gasteiger partial charge in [0.25, 0.3) is 0 Å². The van der Waals surface area contributed by atoms with Crippen LogP contribution in [0.25, 0.3) is 6.08 Å². The molecular formula is C17H13F3O2. The van der Waals surface area contributed by atoms with Gasteiger partial charge in [-0.05, 0) is 43.3 Å². The van der Waals surface area contributed by atoms with Crippen LogP contribution in [0.3, 0.4) is 0 Å². The molecule has 0 saturated heterocycles. The summed E-state index contributed by atoms with van der Waals surface area (Å²) < 4.78 is 43.6. The number of halogens is 3. The molecule has 0 atom stereocenters. The number of ketones is 1. The Balaban J connectivity index is 2.30. The molecule has 2 aromatic rings. The lowest BCUT2D eigenvalue weighted by Crippen LogP contribution is -2.04. The van der Waals surface area contributed by atoms with Crippen LogP contribution in [0.5, 0.6) is 11.5 Å². The molecule has 2 nitrogen and oxygen atoms in total. The minimum atomic E-state index is -4.42. The third-order valence-electron chi connectivity index (χ3n) is 2.81. The van der Waals surface area contributed by atoms with Gasteiger partial charge in [0.2, 0.25) is 0 Å². The Labute approximate surface area is 125 Å². The van der Waals surface area contributed by atoms with Crippen molar-refractivity contribution >= 4 is 11.9 Å². The number of alkyl halides is 3. The first-order chi connectivity index (χ1) is 10.4. The number of hydrogen-bond acceptors (Lipinski definition) is 2. The molecule has 0 aromatic heterocycles. The normalized spacial score (nSPS) is 11.6. The summed E-state index contributed by atoms with van der Waals surface area (Å²) in [7, 11) is 0. The van der Waals surface area contributed by atoms with Crippen molar-refractivity contribution in [2.45, 2.75) is 13.1 Å². The van der Waals surface area contributed by atoms with Crippen LogP contribution in [0.15, 0.2) is 54.6 Å². The predicted molar refractivity (Wildman–Crippen MR) is 77.7 cm³/mol. The Bertz CT molecular complexity index is 703. The summed E-state index contributed by atoms with van der Waals surface area (Å²) in [5.74, 6) is 0.326. The number of para-hydroxylation sites is 1. The molecule has 0 amide bonds. The van der Waals surface area contributed by atoms with E-state index in [1.807, 2.05) is 0 Å². The van der Waals surface area contributed by atoms with Gasteiger partial charge >= 0.3 is 6.18 Å². The van der Waals surface area contributed by atoms with Gasteiger partial charge in [0.1, 0.15) is 11.5 Å². The average molecular weight is 306 g/mol. The van der Waals surface area contributed by atoms with E-state index in [4.69, 9.17) is 4.74 Å². The van der Waals surface area contributed by atoms with Crippen molar-refractivity contribution in [3.05, 3.63) is 65.7 Å². The van der Waals surface area contributed by atoms with Crippen LogP contribution in [-0.4, -0.2) is 5.78 Å². The van der Waals surface area contributed by atoms with Crippen molar-refractivity contribution in [1.29, 1.82) is 0 Å². The van der Waals surface area contributed by atoms with E-state index >= 15 is 0 Å². The molecular weight excluding hydrogens is 293 g/mol. The summed E-state index contributed by atoms with van der Waals surface area (Å²) in [6.45, 7) is 1.41. The first-order valence-electron chi connectivity index (χ1n) is 6.49. The van der Waals surface area contributed by atoms with E-state index in [0.29, 0.717) is 11.3 Å². The first kappa shape index (κ1) is 15.8. The number of carbonyl (C=O) groups excluding carboxylic acids is 1. The molecule has 22 heavy (non-hydrogen) atoms. The zero-order valence-corrected chi connectivity index (χ0v) is 11.7. The predicted octanol–water partition coefficient (Wildman–Crippen LogP) is 5.10. The summed E-state index contributed by atoms with van der Waals surface area (Å²) in [5.41, 5.74) is -0.170. The molecule has 0 saturated carbocycles. The fourth-order valence-corrected chi connectivity index (χ4v) is 1.78. The Hall–Kier alpha value is -2.56. The number of allylic oxidation sites excluding steroid dienone is 1. The largest absolute Gasteiger partial charge is 0.457 e. The maximum absolute atomic E-state index is 12.7. The van der Waals surface area contributed by atoms with Gasteiger partial charge in [0.05, 0.1) is 5.56 Å². The second kappa shape index (κ2) is 6.47. The van der Waals surface area contributed by atoms with Crippen molar-refractivity contribution in [1.82, 2.24) is 0 Å². The molecule has 0 spiro atoms. The van der Waals surface area contributed by atoms with E-state index in [9.17, 15) is 18.0 Å². The second-order valence-electron chi connectivity index (χ2n) is 4.61. The van der Waals surface area contributed by atoms with Crippen LogP contribution in [0.1, 0.15) is 18.1 Å². The van der Waals surface area contributed by atoms with Gasteiger partial charge in [-0.1, -0.05) is 24.3 Å². The van der Waals surface area contributed by atoms with Gasteiger partial charge in [0, 0.05) is 5.56 Å². The molecule has 0 aliphatic rings. The second-order valence-corrected chi connectivity index (χ2v) is 4.61. The van der Waals surface area contributed by atoms with Gasteiger partial charge in [-0.3, -0.25) is 4.79 Å². The van der Waals surface area contributed by atoms with Crippen LogP contribution in [0.4, 0.5) is 13.2 Å². The highest BCUT2D eigenvalue weighted by atomic mass is 19.4. The fraction of sp³-hybridized carbons (Fsp3) is 0.118. The number of benzene rings is 2. The van der Waals surface area contributed by atoms with Gasteiger partial charge < -0.3 is 4.74 Å². The van der Waals surface area contributed by atoms with Gasteiger partial charge in [-0.25, -0.2) is 0 Å². The monoisotopic (exact) mass is 306 g/mol. The van der Waals surface area contributed by atoms with E-state index < -0.39 is 11.7 Å². The molecule has 0 aliphatic carbocycles. The summed E-state index contributed by atoms with van der Waals surface area (Å²) in [4.78, 5) is 11.0. The Morgan fingerprint density at radius 3 is 2.50 bits per heavy atom. The summed E-state index contributed by atoms with van der Waals surface area (Å²) in [6.07, 6.45) is -1.49. The zero-order chi connectivity index (χ0) is 16.2. The molecule has 2 rings (SSSR count). The average Bonchev–Trinajstić information content (AvgIpc) is 2.46. The zero-order valence-electron chi connectivity index (χ0n) is 11.7. The highest BCUT2D eigenvalue weighted by molar-refractivity contribution is 5.91. The molecule has 5 heteroatoms. The van der Waals surface area contributed by atoms with Gasteiger partial charge in [-0.2, -0.15) is 13.2 Å². The minimum absolute atomic E-state index is 0.0819. The van der Waals surface area contributed by atoms with Gasteiger partial charge in [-0.15, -0.1) is 0 Å². The van der Waals surface area contributed by atoms with E-state index in [-0.39, 0.29) is 11.5 Å². The van der Waals surface area contributed by atoms with E-state index in [0.717, 1.165) is 12.1 Å². The van der Waals surface area contributed by atoms with Crippen LogP contribution < -0.4 is 4.74 Å². The lowest BCUT2D eigenvalue weighted by atomic mass is 10.1. The lowest BCUT2D eigenvalue weighted by molar-refractivity contribution is -0.137. The van der Waals surface area contributed by atoms with E-state index in [2.05, 4.69) is 0 Å². The first-order valence-corrected chi connectivity index (χ1v) is 6.49. The summed E-state index contributed by atoms with van der Waals surface area (Å²) in [6, 6.07) is 11.4. The van der Waals surface area contributed by atoms with Gasteiger partial charge in [0.15, 0.2) is 5.78 Å². The van der Waals surface area contributed by atoms with Crippen molar-refractivity contribution in [2.24, 2.45) is 0 Å². The minimum Gasteiger partial charge on any atom is -0.457 e. The van der Waals surface area contributed by atoms with Crippen molar-refractivity contribution in [3.63, 3.8) is 0 Å². The maximum Gasteiger partial charge on any atom is 0.416 e. The Morgan fingerprint density at radius 1 is 1.09 bits per heavy atom. The van der Waals surface area contributed by atoms with Crippen LogP contribution >= 0.6 is 0 Å². The SMILES string of the molecule is CC(=O)C=Cc1ccccc1Oc1cccc(C(F)(F)F)c1. The van der Waals surface area contributed by atoms with Crippen molar-refractivity contribution in [2.75, 3.05) is 0 Å². The Kier molecular flexibility index (Phi) is 4.65. The lowest BCUT2D eigenvalue weighted by Gasteiger charge is -2.11. The smallest absolute Gasteiger partial charge is 0.416 e. The Morgan fingerprint density at radius 2 is 1.82 bits per heavy atom. The van der Waals surface area contributed by atoms with E-state index in [1.54, 1.807) is 30.3 Å². The number of carbonyl (C=O) groups is 1.